The van der Waals surface area contributed by atoms with Crippen molar-refractivity contribution in [1.82, 2.24) is 10.6 Å². The van der Waals surface area contributed by atoms with Crippen LogP contribution in [-0.4, -0.2) is 37.7 Å². The first-order chi connectivity index (χ1) is 13.1. The van der Waals surface area contributed by atoms with Gasteiger partial charge in [-0.25, -0.2) is 4.79 Å². The van der Waals surface area contributed by atoms with E-state index >= 15 is 0 Å². The Morgan fingerprint density at radius 3 is 2.11 bits per heavy atom. The number of esters is 1. The van der Waals surface area contributed by atoms with Gasteiger partial charge in [-0.05, 0) is 11.1 Å². The third-order valence-electron chi connectivity index (χ3n) is 3.74. The molecule has 2 amide bonds. The summed E-state index contributed by atoms with van der Waals surface area (Å²) in [4.78, 5) is 35.7. The van der Waals surface area contributed by atoms with Gasteiger partial charge in [0.1, 0.15) is 19.2 Å². The summed E-state index contributed by atoms with van der Waals surface area (Å²) in [5.74, 6) is -1.07. The van der Waals surface area contributed by atoms with E-state index in [0.717, 1.165) is 11.1 Å². The van der Waals surface area contributed by atoms with Gasteiger partial charge in [0.2, 0.25) is 5.91 Å². The summed E-state index contributed by atoms with van der Waals surface area (Å²) in [5.41, 5.74) is 1.70. The number of alkyl carbamates (subject to hydrolysis) is 1. The Hall–Kier alpha value is -3.35. The van der Waals surface area contributed by atoms with Gasteiger partial charge in [0.15, 0.2) is 0 Å². The van der Waals surface area contributed by atoms with Crippen LogP contribution in [0.5, 0.6) is 0 Å². The molecular weight excluding hydrogens is 348 g/mol. The first kappa shape index (κ1) is 20.0. The van der Waals surface area contributed by atoms with Crippen LogP contribution in [0.25, 0.3) is 0 Å². The fourth-order valence-corrected chi connectivity index (χ4v) is 2.32. The highest BCUT2D eigenvalue weighted by Gasteiger charge is 2.22. The molecule has 0 heterocycles. The molecule has 0 saturated carbocycles. The smallest absolute Gasteiger partial charge is 0.408 e. The number of hydrogen-bond acceptors (Lipinski definition) is 5. The van der Waals surface area contributed by atoms with E-state index in [1.807, 2.05) is 60.7 Å². The number of rotatable bonds is 8. The van der Waals surface area contributed by atoms with Gasteiger partial charge in [-0.3, -0.25) is 9.59 Å². The van der Waals surface area contributed by atoms with Crippen LogP contribution >= 0.6 is 0 Å². The number of carbonyl (C=O) groups excluding carboxylic acids is 3. The lowest BCUT2D eigenvalue weighted by atomic mass is 10.1. The summed E-state index contributed by atoms with van der Waals surface area (Å²) in [6.07, 6.45) is -0.457. The van der Waals surface area contributed by atoms with Gasteiger partial charge in [-0.15, -0.1) is 0 Å². The van der Waals surface area contributed by atoms with Gasteiger partial charge < -0.3 is 20.1 Å². The molecule has 0 fully saturated rings. The number of amides is 2. The molecule has 2 N–H and O–H groups in total. The van der Waals surface area contributed by atoms with Crippen molar-refractivity contribution < 1.29 is 23.9 Å². The van der Waals surface area contributed by atoms with Crippen LogP contribution in [0.15, 0.2) is 60.7 Å². The Bertz CT molecular complexity index is 749. The van der Waals surface area contributed by atoms with Crippen LogP contribution in [0.1, 0.15) is 11.1 Å². The van der Waals surface area contributed by atoms with Crippen LogP contribution in [0.2, 0.25) is 0 Å². The van der Waals surface area contributed by atoms with Crippen molar-refractivity contribution in [3.63, 3.8) is 0 Å². The number of nitrogens with one attached hydrogen (secondary N) is 2. The summed E-state index contributed by atoms with van der Waals surface area (Å²) in [7, 11) is 1.23. The van der Waals surface area contributed by atoms with Crippen LogP contribution < -0.4 is 10.6 Å². The highest BCUT2D eigenvalue weighted by atomic mass is 16.5. The Balaban J connectivity index is 1.96. The minimum atomic E-state index is -0.889. The zero-order valence-electron chi connectivity index (χ0n) is 15.0. The Labute approximate surface area is 157 Å². The van der Waals surface area contributed by atoms with Crippen molar-refractivity contribution in [3.8, 4) is 0 Å². The average molecular weight is 370 g/mol. The van der Waals surface area contributed by atoms with Crippen molar-refractivity contribution in [2.45, 2.75) is 19.1 Å². The molecule has 27 heavy (non-hydrogen) atoms. The van der Waals surface area contributed by atoms with Gasteiger partial charge in [0, 0.05) is 6.42 Å². The van der Waals surface area contributed by atoms with E-state index in [2.05, 4.69) is 15.4 Å². The van der Waals surface area contributed by atoms with E-state index in [-0.39, 0.29) is 19.6 Å². The molecule has 0 unspecified atom stereocenters. The lowest BCUT2D eigenvalue weighted by Crippen LogP contribution is -2.49. The zero-order chi connectivity index (χ0) is 19.5. The molecule has 0 bridgehead atoms. The number of benzene rings is 2. The number of carbonyl (C=O) groups is 3. The van der Waals surface area contributed by atoms with Crippen molar-refractivity contribution in [2.24, 2.45) is 0 Å². The molecule has 0 radical (unpaired) electrons. The molecule has 7 nitrogen and oxygen atoms in total. The Morgan fingerprint density at radius 1 is 0.926 bits per heavy atom. The summed E-state index contributed by atoms with van der Waals surface area (Å²) in [5, 5.41) is 5.00. The molecule has 7 heteroatoms. The average Bonchev–Trinajstić information content (AvgIpc) is 2.71. The first-order valence-corrected chi connectivity index (χ1v) is 8.44. The van der Waals surface area contributed by atoms with E-state index in [1.54, 1.807) is 0 Å². The monoisotopic (exact) mass is 370 g/mol. The molecule has 1 atom stereocenters. The molecular formula is C20H22N2O5. The maximum absolute atomic E-state index is 12.4. The van der Waals surface area contributed by atoms with Crippen molar-refractivity contribution in [1.29, 1.82) is 0 Å². The highest BCUT2D eigenvalue weighted by Crippen LogP contribution is 2.05. The van der Waals surface area contributed by atoms with Crippen molar-refractivity contribution in [2.75, 3.05) is 13.7 Å². The normalized spacial score (nSPS) is 11.1. The summed E-state index contributed by atoms with van der Waals surface area (Å²) in [6, 6.07) is 17.6. The van der Waals surface area contributed by atoms with Gasteiger partial charge in [-0.2, -0.15) is 0 Å². The minimum absolute atomic E-state index is 0.0918. The van der Waals surface area contributed by atoms with E-state index in [9.17, 15) is 14.4 Å². The summed E-state index contributed by atoms with van der Waals surface area (Å²) < 4.78 is 9.67. The number of ether oxygens (including phenoxy) is 2. The molecule has 2 aromatic rings. The maximum Gasteiger partial charge on any atom is 0.408 e. The molecule has 0 saturated heterocycles. The standard InChI is InChI=1S/C20H22N2O5/c1-26-18(23)13-21-19(24)17(12-15-8-4-2-5-9-15)22-20(25)27-14-16-10-6-3-7-11-16/h2-11,17H,12-14H2,1H3,(H,21,24)(H,22,25)/t17-/m0/s1. The maximum atomic E-state index is 12.4. The molecule has 2 aromatic carbocycles. The number of hydrogen-bond donors (Lipinski definition) is 2. The first-order valence-electron chi connectivity index (χ1n) is 8.44. The lowest BCUT2D eigenvalue weighted by molar-refractivity contribution is -0.141. The molecule has 142 valence electrons. The van der Waals surface area contributed by atoms with Crippen LogP contribution in [0, 0.1) is 0 Å². The van der Waals surface area contributed by atoms with Crippen molar-refractivity contribution >= 4 is 18.0 Å². The van der Waals surface area contributed by atoms with Crippen molar-refractivity contribution in [3.05, 3.63) is 71.8 Å². The van der Waals surface area contributed by atoms with E-state index in [4.69, 9.17) is 4.74 Å². The topological polar surface area (TPSA) is 93.7 Å². The SMILES string of the molecule is COC(=O)CNC(=O)[C@H](Cc1ccccc1)NC(=O)OCc1ccccc1. The molecule has 0 aliphatic rings. The highest BCUT2D eigenvalue weighted by molar-refractivity contribution is 5.88. The van der Waals surface area contributed by atoms with Crippen LogP contribution in [0.4, 0.5) is 4.79 Å². The van der Waals surface area contributed by atoms with E-state index in [0.29, 0.717) is 0 Å². The predicted octanol–water partition coefficient (Wildman–Crippen LogP) is 1.81. The molecule has 0 aromatic heterocycles. The Morgan fingerprint density at radius 2 is 1.52 bits per heavy atom. The summed E-state index contributed by atoms with van der Waals surface area (Å²) in [6.45, 7) is -0.185. The molecule has 0 spiro atoms. The third-order valence-corrected chi connectivity index (χ3v) is 3.74. The lowest BCUT2D eigenvalue weighted by Gasteiger charge is -2.18. The second-order valence-electron chi connectivity index (χ2n) is 5.74. The minimum Gasteiger partial charge on any atom is -0.468 e. The van der Waals surface area contributed by atoms with Gasteiger partial charge in [0.25, 0.3) is 0 Å². The molecule has 0 aliphatic heterocycles. The molecule has 0 aliphatic carbocycles. The number of methoxy groups -OCH3 is 1. The quantitative estimate of drug-likeness (QED) is 0.691. The Kier molecular flexibility index (Phi) is 7.84. The third kappa shape index (κ3) is 7.19. The van der Waals surface area contributed by atoms with Gasteiger partial charge in [-0.1, -0.05) is 60.7 Å². The molecule has 2 rings (SSSR count). The second kappa shape index (κ2) is 10.6. The second-order valence-corrected chi connectivity index (χ2v) is 5.74. The van der Waals surface area contributed by atoms with Gasteiger partial charge >= 0.3 is 12.1 Å². The fourth-order valence-electron chi connectivity index (χ4n) is 2.32. The predicted molar refractivity (Wildman–Crippen MR) is 98.7 cm³/mol. The van der Waals surface area contributed by atoms with Crippen LogP contribution in [-0.2, 0) is 32.1 Å². The van der Waals surface area contributed by atoms with Gasteiger partial charge in [0.05, 0.1) is 7.11 Å². The fraction of sp³-hybridized carbons (Fsp3) is 0.250. The summed E-state index contributed by atoms with van der Waals surface area (Å²) >= 11 is 0. The van der Waals surface area contributed by atoms with Crippen LogP contribution in [0.3, 0.4) is 0 Å². The zero-order valence-corrected chi connectivity index (χ0v) is 15.0. The van der Waals surface area contributed by atoms with E-state index in [1.165, 1.54) is 7.11 Å². The largest absolute Gasteiger partial charge is 0.468 e. The van der Waals surface area contributed by atoms with E-state index < -0.39 is 24.0 Å².